The molecule has 1 atom stereocenters. The molecule has 1 unspecified atom stereocenters. The lowest BCUT2D eigenvalue weighted by Gasteiger charge is -2.25. The number of nitrogens with zero attached hydrogens (tertiary/aromatic N) is 1. The Morgan fingerprint density at radius 2 is 1.67 bits per heavy atom. The van der Waals surface area contributed by atoms with Crippen LogP contribution in [0.1, 0.15) is 13.3 Å². The summed E-state index contributed by atoms with van der Waals surface area (Å²) in [4.78, 5) is 2.41. The zero-order chi connectivity index (χ0) is 11.5. The van der Waals surface area contributed by atoms with E-state index in [-0.39, 0.29) is 0 Å². The van der Waals surface area contributed by atoms with E-state index in [1.54, 1.807) is 14.2 Å². The smallest absolute Gasteiger partial charge is 0.0589 e. The van der Waals surface area contributed by atoms with Gasteiger partial charge in [0.2, 0.25) is 0 Å². The number of halogens is 1. The SMILES string of the molecule is CCC(CBr)CN(CCOC)CCOC. The first-order valence-corrected chi connectivity index (χ1v) is 6.66. The Morgan fingerprint density at radius 3 is 2.00 bits per heavy atom. The molecule has 0 rings (SSSR count). The van der Waals surface area contributed by atoms with Crippen molar-refractivity contribution in [3.05, 3.63) is 0 Å². The summed E-state index contributed by atoms with van der Waals surface area (Å²) in [6.45, 7) is 6.92. The molecule has 3 nitrogen and oxygen atoms in total. The van der Waals surface area contributed by atoms with Crippen molar-refractivity contribution in [2.75, 3.05) is 52.4 Å². The van der Waals surface area contributed by atoms with Crippen LogP contribution in [-0.2, 0) is 9.47 Å². The standard InChI is InChI=1S/C11H24BrNO2/c1-4-11(9-12)10-13(5-7-14-2)6-8-15-3/h11H,4-10H2,1-3H3. The molecule has 0 N–H and O–H groups in total. The van der Waals surface area contributed by atoms with Gasteiger partial charge in [-0.1, -0.05) is 29.3 Å². The molecule has 4 heteroatoms. The van der Waals surface area contributed by atoms with Crippen LogP contribution in [0.2, 0.25) is 0 Å². The van der Waals surface area contributed by atoms with E-state index in [1.807, 2.05) is 0 Å². The van der Waals surface area contributed by atoms with Crippen LogP contribution >= 0.6 is 15.9 Å². The second-order valence-electron chi connectivity index (χ2n) is 3.71. The number of alkyl halides is 1. The normalized spacial score (nSPS) is 13.4. The minimum atomic E-state index is 0.721. The van der Waals surface area contributed by atoms with Gasteiger partial charge in [0.25, 0.3) is 0 Å². The predicted octanol–water partition coefficient (Wildman–Crippen LogP) is 2.00. The van der Waals surface area contributed by atoms with E-state index in [1.165, 1.54) is 6.42 Å². The van der Waals surface area contributed by atoms with Gasteiger partial charge in [0, 0.05) is 39.2 Å². The Labute approximate surface area is 102 Å². The van der Waals surface area contributed by atoms with Gasteiger partial charge in [-0.15, -0.1) is 0 Å². The van der Waals surface area contributed by atoms with Crippen molar-refractivity contribution in [3.63, 3.8) is 0 Å². The van der Waals surface area contributed by atoms with E-state index in [0.29, 0.717) is 0 Å². The lowest BCUT2D eigenvalue weighted by atomic mass is 10.1. The average molecular weight is 282 g/mol. The molecule has 0 bridgehead atoms. The van der Waals surface area contributed by atoms with E-state index in [0.717, 1.165) is 44.1 Å². The first-order chi connectivity index (χ1) is 7.28. The number of hydrogen-bond acceptors (Lipinski definition) is 3. The second-order valence-corrected chi connectivity index (χ2v) is 4.36. The van der Waals surface area contributed by atoms with Crippen molar-refractivity contribution in [3.8, 4) is 0 Å². The Bertz CT molecular complexity index is 124. The van der Waals surface area contributed by atoms with Crippen molar-refractivity contribution < 1.29 is 9.47 Å². The third-order valence-corrected chi connectivity index (χ3v) is 3.45. The van der Waals surface area contributed by atoms with Gasteiger partial charge in [-0.3, -0.25) is 4.90 Å². The van der Waals surface area contributed by atoms with Crippen LogP contribution in [-0.4, -0.2) is 57.3 Å². The average Bonchev–Trinajstić information content (AvgIpc) is 2.28. The molecule has 0 aliphatic carbocycles. The number of hydrogen-bond donors (Lipinski definition) is 0. The molecule has 15 heavy (non-hydrogen) atoms. The number of methoxy groups -OCH3 is 2. The molecule has 0 aromatic rings. The Morgan fingerprint density at radius 1 is 1.13 bits per heavy atom. The van der Waals surface area contributed by atoms with Crippen molar-refractivity contribution in [1.82, 2.24) is 4.90 Å². The van der Waals surface area contributed by atoms with Gasteiger partial charge in [0.15, 0.2) is 0 Å². The third-order valence-electron chi connectivity index (χ3n) is 2.54. The fourth-order valence-electron chi connectivity index (χ4n) is 1.39. The molecule has 0 saturated heterocycles. The van der Waals surface area contributed by atoms with Crippen molar-refractivity contribution in [2.45, 2.75) is 13.3 Å². The van der Waals surface area contributed by atoms with Crippen molar-refractivity contribution in [2.24, 2.45) is 5.92 Å². The summed E-state index contributed by atoms with van der Waals surface area (Å²) in [7, 11) is 3.49. The quantitative estimate of drug-likeness (QED) is 0.572. The summed E-state index contributed by atoms with van der Waals surface area (Å²) in [5.74, 6) is 0.721. The molecule has 0 spiro atoms. The zero-order valence-corrected chi connectivity index (χ0v) is 11.8. The van der Waals surface area contributed by atoms with Gasteiger partial charge in [0.1, 0.15) is 0 Å². The minimum absolute atomic E-state index is 0.721. The highest BCUT2D eigenvalue weighted by Gasteiger charge is 2.11. The van der Waals surface area contributed by atoms with Gasteiger partial charge in [-0.2, -0.15) is 0 Å². The zero-order valence-electron chi connectivity index (χ0n) is 10.2. The molecule has 0 aliphatic rings. The summed E-state index contributed by atoms with van der Waals surface area (Å²) in [5.41, 5.74) is 0. The minimum Gasteiger partial charge on any atom is -0.383 e. The third kappa shape index (κ3) is 8.20. The van der Waals surface area contributed by atoms with Crippen LogP contribution in [0, 0.1) is 5.92 Å². The van der Waals surface area contributed by atoms with E-state index in [4.69, 9.17) is 9.47 Å². The number of ether oxygens (including phenoxy) is 2. The van der Waals surface area contributed by atoms with Crippen LogP contribution in [0.15, 0.2) is 0 Å². The van der Waals surface area contributed by atoms with Crippen LogP contribution < -0.4 is 0 Å². The monoisotopic (exact) mass is 281 g/mol. The summed E-state index contributed by atoms with van der Waals surface area (Å²) < 4.78 is 10.2. The first kappa shape index (κ1) is 15.4. The highest BCUT2D eigenvalue weighted by Crippen LogP contribution is 2.08. The van der Waals surface area contributed by atoms with Crippen LogP contribution in [0.25, 0.3) is 0 Å². The molecule has 0 radical (unpaired) electrons. The van der Waals surface area contributed by atoms with Gasteiger partial charge >= 0.3 is 0 Å². The van der Waals surface area contributed by atoms with E-state index in [9.17, 15) is 0 Å². The molecule has 0 aromatic carbocycles. The van der Waals surface area contributed by atoms with Gasteiger partial charge in [-0.05, 0) is 5.92 Å². The molecular formula is C11H24BrNO2. The fourth-order valence-corrected chi connectivity index (χ4v) is 2.05. The summed E-state index contributed by atoms with van der Waals surface area (Å²) >= 11 is 3.55. The van der Waals surface area contributed by atoms with Gasteiger partial charge in [0.05, 0.1) is 13.2 Å². The Balaban J connectivity index is 3.86. The highest BCUT2D eigenvalue weighted by molar-refractivity contribution is 9.09. The van der Waals surface area contributed by atoms with Crippen molar-refractivity contribution in [1.29, 1.82) is 0 Å². The van der Waals surface area contributed by atoms with E-state index >= 15 is 0 Å². The maximum absolute atomic E-state index is 5.11. The number of rotatable bonds is 10. The Kier molecular flexibility index (Phi) is 11.1. The molecule has 0 heterocycles. The van der Waals surface area contributed by atoms with Crippen LogP contribution in [0.5, 0.6) is 0 Å². The van der Waals surface area contributed by atoms with Gasteiger partial charge in [-0.25, -0.2) is 0 Å². The summed E-state index contributed by atoms with van der Waals surface area (Å²) in [6.07, 6.45) is 1.21. The highest BCUT2D eigenvalue weighted by atomic mass is 79.9. The largest absolute Gasteiger partial charge is 0.383 e. The van der Waals surface area contributed by atoms with Gasteiger partial charge < -0.3 is 9.47 Å². The first-order valence-electron chi connectivity index (χ1n) is 5.54. The summed E-state index contributed by atoms with van der Waals surface area (Å²) in [5, 5.41) is 1.07. The second kappa shape index (κ2) is 10.9. The van der Waals surface area contributed by atoms with Crippen LogP contribution in [0.4, 0.5) is 0 Å². The van der Waals surface area contributed by atoms with Crippen molar-refractivity contribution >= 4 is 15.9 Å². The molecule has 0 saturated carbocycles. The fraction of sp³-hybridized carbons (Fsp3) is 1.00. The molecule has 0 amide bonds. The molecule has 0 aliphatic heterocycles. The molecular weight excluding hydrogens is 258 g/mol. The molecule has 92 valence electrons. The van der Waals surface area contributed by atoms with E-state index < -0.39 is 0 Å². The Hall–Kier alpha value is 0.360. The van der Waals surface area contributed by atoms with Crippen LogP contribution in [0.3, 0.4) is 0 Å². The molecule has 0 aromatic heterocycles. The molecule has 0 fully saturated rings. The van der Waals surface area contributed by atoms with E-state index in [2.05, 4.69) is 27.8 Å². The topological polar surface area (TPSA) is 21.7 Å². The summed E-state index contributed by atoms with van der Waals surface area (Å²) in [6, 6.07) is 0. The maximum atomic E-state index is 5.11. The lowest BCUT2D eigenvalue weighted by Crippen LogP contribution is -2.35. The predicted molar refractivity (Wildman–Crippen MR) is 67.8 cm³/mol. The lowest BCUT2D eigenvalue weighted by molar-refractivity contribution is 0.106. The maximum Gasteiger partial charge on any atom is 0.0589 e.